The number of carbonyl (C=O) groups excluding carboxylic acids is 1. The topological polar surface area (TPSA) is 168 Å². The highest BCUT2D eigenvalue weighted by Gasteiger charge is 2.30. The molecule has 2 heterocycles. The SMILES string of the molecule is CC(=O)NS(=O)(=O)c1ccc(N=Nc2cc(S(=O)(=O)N3CCOCC3)c3cccnc3c2O)cc1. The minimum Gasteiger partial charge on any atom is -0.504 e. The monoisotopic (exact) mass is 519 g/mol. The average Bonchev–Trinajstić information content (AvgIpc) is 2.83. The summed E-state index contributed by atoms with van der Waals surface area (Å²) in [6, 6.07) is 9.50. The Morgan fingerprint density at radius 3 is 2.43 bits per heavy atom. The number of nitrogens with one attached hydrogen (secondary N) is 1. The second-order valence-corrected chi connectivity index (χ2v) is 11.1. The Morgan fingerprint density at radius 1 is 1.09 bits per heavy atom. The summed E-state index contributed by atoms with van der Waals surface area (Å²) in [6.45, 7) is 2.01. The number of aromatic hydroxyl groups is 1. The molecule has 1 saturated heterocycles. The van der Waals surface area contributed by atoms with E-state index in [1.807, 2.05) is 4.72 Å². The van der Waals surface area contributed by atoms with Gasteiger partial charge in [0.15, 0.2) is 5.75 Å². The van der Waals surface area contributed by atoms with Crippen molar-refractivity contribution in [3.05, 3.63) is 48.7 Å². The van der Waals surface area contributed by atoms with Gasteiger partial charge in [0.1, 0.15) is 11.2 Å². The number of rotatable bonds is 6. The van der Waals surface area contributed by atoms with E-state index in [0.717, 1.165) is 6.92 Å². The molecule has 35 heavy (non-hydrogen) atoms. The molecule has 2 N–H and O–H groups in total. The molecule has 0 aliphatic carbocycles. The number of morpholine rings is 1. The molecule has 0 unspecified atom stereocenters. The number of nitrogens with zero attached hydrogens (tertiary/aromatic N) is 4. The van der Waals surface area contributed by atoms with Gasteiger partial charge in [-0.05, 0) is 42.5 Å². The first kappa shape index (κ1) is 24.7. The Morgan fingerprint density at radius 2 is 1.77 bits per heavy atom. The summed E-state index contributed by atoms with van der Waals surface area (Å²) < 4.78 is 59.2. The van der Waals surface area contributed by atoms with Crippen LogP contribution in [0.15, 0.2) is 68.7 Å². The molecule has 0 atom stereocenters. The molecule has 1 amide bonds. The van der Waals surface area contributed by atoms with Gasteiger partial charge in [0.25, 0.3) is 10.0 Å². The maximum atomic E-state index is 13.3. The summed E-state index contributed by atoms with van der Waals surface area (Å²) in [4.78, 5) is 15.0. The second kappa shape index (κ2) is 9.65. The van der Waals surface area contributed by atoms with Gasteiger partial charge in [0, 0.05) is 31.6 Å². The minimum absolute atomic E-state index is 0.0486. The maximum absolute atomic E-state index is 13.3. The van der Waals surface area contributed by atoms with Crippen molar-refractivity contribution in [3.8, 4) is 5.75 Å². The fourth-order valence-electron chi connectivity index (χ4n) is 3.45. The number of phenolic OH excluding ortho intramolecular Hbond substituents is 1. The zero-order valence-electron chi connectivity index (χ0n) is 18.4. The highest BCUT2D eigenvalue weighted by atomic mass is 32.2. The van der Waals surface area contributed by atoms with E-state index in [1.54, 1.807) is 12.1 Å². The van der Waals surface area contributed by atoms with Crippen LogP contribution in [0.1, 0.15) is 6.92 Å². The van der Waals surface area contributed by atoms with E-state index in [2.05, 4.69) is 15.2 Å². The molecule has 1 aliphatic heterocycles. The van der Waals surface area contributed by atoms with Crippen LogP contribution in [0.3, 0.4) is 0 Å². The smallest absolute Gasteiger partial charge is 0.264 e. The number of amides is 1. The van der Waals surface area contributed by atoms with Crippen LogP contribution in [0.25, 0.3) is 10.9 Å². The summed E-state index contributed by atoms with van der Waals surface area (Å²) in [6.07, 6.45) is 1.42. The number of pyridine rings is 1. The van der Waals surface area contributed by atoms with Gasteiger partial charge in [-0.2, -0.15) is 9.42 Å². The van der Waals surface area contributed by atoms with Crippen molar-refractivity contribution in [2.45, 2.75) is 16.7 Å². The lowest BCUT2D eigenvalue weighted by Gasteiger charge is -2.26. The van der Waals surface area contributed by atoms with E-state index in [1.165, 1.54) is 40.8 Å². The van der Waals surface area contributed by atoms with Crippen LogP contribution in [-0.4, -0.2) is 63.4 Å². The maximum Gasteiger partial charge on any atom is 0.264 e. The quantitative estimate of drug-likeness (QED) is 0.467. The van der Waals surface area contributed by atoms with E-state index >= 15 is 0 Å². The molecule has 0 radical (unpaired) electrons. The molecule has 1 aliphatic rings. The molecule has 0 bridgehead atoms. The molecule has 2 aromatic carbocycles. The first-order chi connectivity index (χ1) is 16.6. The number of aromatic nitrogens is 1. The van der Waals surface area contributed by atoms with Crippen LogP contribution in [0.4, 0.5) is 11.4 Å². The van der Waals surface area contributed by atoms with Crippen molar-refractivity contribution in [1.29, 1.82) is 0 Å². The first-order valence-corrected chi connectivity index (χ1v) is 13.3. The Bertz CT molecular complexity index is 1520. The van der Waals surface area contributed by atoms with Crippen molar-refractivity contribution in [2.24, 2.45) is 10.2 Å². The van der Waals surface area contributed by atoms with Gasteiger partial charge in [-0.15, -0.1) is 5.11 Å². The van der Waals surface area contributed by atoms with Crippen LogP contribution >= 0.6 is 0 Å². The average molecular weight is 520 g/mol. The van der Waals surface area contributed by atoms with Gasteiger partial charge in [0.2, 0.25) is 15.9 Å². The third kappa shape index (κ3) is 5.14. The van der Waals surface area contributed by atoms with E-state index in [-0.39, 0.29) is 64.1 Å². The van der Waals surface area contributed by atoms with Gasteiger partial charge < -0.3 is 9.84 Å². The molecule has 3 aromatic rings. The number of ether oxygens (including phenoxy) is 1. The summed E-state index contributed by atoms with van der Waals surface area (Å²) >= 11 is 0. The summed E-state index contributed by atoms with van der Waals surface area (Å²) in [5, 5.41) is 18.9. The van der Waals surface area contributed by atoms with Gasteiger partial charge in [-0.3, -0.25) is 9.78 Å². The van der Waals surface area contributed by atoms with Crippen molar-refractivity contribution >= 4 is 48.2 Å². The predicted molar refractivity (Wildman–Crippen MR) is 125 cm³/mol. The van der Waals surface area contributed by atoms with E-state index in [0.29, 0.717) is 0 Å². The number of fused-ring (bicyclic) bond motifs is 1. The Balaban J connectivity index is 1.72. The van der Waals surface area contributed by atoms with Crippen LogP contribution < -0.4 is 4.72 Å². The third-order valence-corrected chi connectivity index (χ3v) is 8.48. The summed E-state index contributed by atoms with van der Waals surface area (Å²) in [5.74, 6) is -1.08. The van der Waals surface area contributed by atoms with E-state index in [9.17, 15) is 26.7 Å². The molecule has 14 heteroatoms. The van der Waals surface area contributed by atoms with E-state index in [4.69, 9.17) is 4.74 Å². The minimum atomic E-state index is -4.01. The van der Waals surface area contributed by atoms with Crippen molar-refractivity contribution in [1.82, 2.24) is 14.0 Å². The molecule has 4 rings (SSSR count). The van der Waals surface area contributed by atoms with Gasteiger partial charge in [-0.25, -0.2) is 21.6 Å². The van der Waals surface area contributed by atoms with E-state index < -0.39 is 26.0 Å². The number of azo groups is 1. The lowest BCUT2D eigenvalue weighted by molar-refractivity contribution is -0.117. The zero-order chi connectivity index (χ0) is 25.2. The molecule has 12 nitrogen and oxygen atoms in total. The van der Waals surface area contributed by atoms with Crippen molar-refractivity contribution in [2.75, 3.05) is 26.3 Å². The molecular formula is C21H21N5O7S2. The number of sulfonamides is 2. The Labute approximate surface area is 201 Å². The number of hydrogen-bond acceptors (Lipinski definition) is 10. The lowest BCUT2D eigenvalue weighted by atomic mass is 10.2. The van der Waals surface area contributed by atoms with Gasteiger partial charge in [0.05, 0.1) is 28.7 Å². The van der Waals surface area contributed by atoms with Crippen molar-refractivity contribution in [3.63, 3.8) is 0 Å². The van der Waals surface area contributed by atoms with Gasteiger partial charge in [-0.1, -0.05) is 0 Å². The van der Waals surface area contributed by atoms with Crippen LogP contribution in [-0.2, 0) is 29.6 Å². The molecule has 1 aromatic heterocycles. The normalized spacial score (nSPS) is 15.5. The molecule has 184 valence electrons. The Hall–Kier alpha value is -3.46. The molecular weight excluding hydrogens is 498 g/mol. The largest absolute Gasteiger partial charge is 0.504 e. The Kier molecular flexibility index (Phi) is 6.80. The number of carbonyl (C=O) groups is 1. The summed E-state index contributed by atoms with van der Waals surface area (Å²) in [7, 11) is -7.95. The number of hydrogen-bond donors (Lipinski definition) is 2. The standard InChI is InChI=1S/C21H21N5O7S2/c1-14(27)25-34(29,30)16-6-4-15(5-7-16)23-24-18-13-19(17-3-2-8-22-20(17)21(18)28)35(31,32)26-9-11-33-12-10-26/h2-8,13,28H,9-12H2,1H3,(H,25,27). The number of benzene rings is 2. The fraction of sp³-hybridized carbons (Fsp3) is 0.238. The highest BCUT2D eigenvalue weighted by molar-refractivity contribution is 7.90. The van der Waals surface area contributed by atoms with Crippen LogP contribution in [0.5, 0.6) is 5.75 Å². The summed E-state index contributed by atoms with van der Waals surface area (Å²) in [5.41, 5.74) is 0.149. The van der Waals surface area contributed by atoms with Crippen molar-refractivity contribution < 1.29 is 31.5 Å². The molecule has 1 fully saturated rings. The zero-order valence-corrected chi connectivity index (χ0v) is 20.1. The highest BCUT2D eigenvalue weighted by Crippen LogP contribution is 2.39. The fourth-order valence-corrected chi connectivity index (χ4v) is 6.05. The van der Waals surface area contributed by atoms with Gasteiger partial charge >= 0.3 is 0 Å². The second-order valence-electron chi connectivity index (χ2n) is 7.51. The molecule has 0 spiro atoms. The predicted octanol–water partition coefficient (Wildman–Crippen LogP) is 2.20. The lowest BCUT2D eigenvalue weighted by Crippen LogP contribution is -2.40. The number of phenols is 1. The molecule has 0 saturated carbocycles. The van der Waals surface area contributed by atoms with Crippen LogP contribution in [0, 0.1) is 0 Å². The van der Waals surface area contributed by atoms with Crippen LogP contribution in [0.2, 0.25) is 0 Å². The third-order valence-electron chi connectivity index (χ3n) is 5.09. The first-order valence-electron chi connectivity index (χ1n) is 10.3.